The first-order valence-corrected chi connectivity index (χ1v) is 6.75. The molecule has 0 saturated carbocycles. The number of ketones is 1. The number of carbonyl (C=O) groups excluding carboxylic acids is 1. The number of hydrogen-bond acceptors (Lipinski definition) is 2. The summed E-state index contributed by atoms with van der Waals surface area (Å²) in [5, 5.41) is 0. The van der Waals surface area contributed by atoms with Crippen LogP contribution in [0.25, 0.3) is 0 Å². The molecular weight excluding hydrogens is 292 g/mol. The first kappa shape index (κ1) is 13.0. The summed E-state index contributed by atoms with van der Waals surface area (Å²) in [6, 6.07) is 5.65. The van der Waals surface area contributed by atoms with E-state index in [2.05, 4.69) is 27.8 Å². The van der Waals surface area contributed by atoms with Crippen LogP contribution < -0.4 is 0 Å². The standard InChI is InChI=1S/C14H15BrN2O/c1-3-8-17-9-7-16-14(17)13(18)11-5-4-6-12(15)10(11)2/h4-7,9H,3,8H2,1-2H3. The summed E-state index contributed by atoms with van der Waals surface area (Å²) in [6.45, 7) is 4.83. The lowest BCUT2D eigenvalue weighted by Crippen LogP contribution is -2.12. The zero-order valence-corrected chi connectivity index (χ0v) is 12.1. The van der Waals surface area contributed by atoms with Crippen molar-refractivity contribution in [1.29, 1.82) is 0 Å². The van der Waals surface area contributed by atoms with E-state index in [9.17, 15) is 4.79 Å². The Labute approximate surface area is 115 Å². The highest BCUT2D eigenvalue weighted by atomic mass is 79.9. The van der Waals surface area contributed by atoms with Crippen molar-refractivity contribution in [2.45, 2.75) is 26.8 Å². The van der Waals surface area contributed by atoms with Gasteiger partial charge in [-0.1, -0.05) is 35.0 Å². The normalized spacial score (nSPS) is 10.6. The fourth-order valence-corrected chi connectivity index (χ4v) is 2.28. The lowest BCUT2D eigenvalue weighted by atomic mass is 10.0. The molecule has 3 nitrogen and oxygen atoms in total. The van der Waals surface area contributed by atoms with E-state index >= 15 is 0 Å². The molecule has 0 aliphatic heterocycles. The van der Waals surface area contributed by atoms with E-state index in [0.29, 0.717) is 11.4 Å². The Morgan fingerprint density at radius 1 is 1.44 bits per heavy atom. The Hall–Kier alpha value is -1.42. The van der Waals surface area contributed by atoms with E-state index in [0.717, 1.165) is 23.0 Å². The molecule has 0 aliphatic rings. The molecule has 0 spiro atoms. The second-order valence-corrected chi connectivity index (χ2v) is 5.04. The van der Waals surface area contributed by atoms with Gasteiger partial charge in [0.05, 0.1) is 0 Å². The van der Waals surface area contributed by atoms with Gasteiger partial charge in [0.15, 0.2) is 5.82 Å². The molecule has 0 aliphatic carbocycles. The monoisotopic (exact) mass is 306 g/mol. The summed E-state index contributed by atoms with van der Waals surface area (Å²) in [7, 11) is 0. The molecule has 0 atom stereocenters. The van der Waals surface area contributed by atoms with Gasteiger partial charge in [0.25, 0.3) is 0 Å². The van der Waals surface area contributed by atoms with Crippen LogP contribution in [0.4, 0.5) is 0 Å². The first-order chi connectivity index (χ1) is 8.65. The average Bonchev–Trinajstić information content (AvgIpc) is 2.80. The highest BCUT2D eigenvalue weighted by Gasteiger charge is 2.17. The fraction of sp³-hybridized carbons (Fsp3) is 0.286. The van der Waals surface area contributed by atoms with E-state index in [-0.39, 0.29) is 5.78 Å². The molecule has 0 bridgehead atoms. The molecule has 0 radical (unpaired) electrons. The van der Waals surface area contributed by atoms with Gasteiger partial charge in [-0.3, -0.25) is 4.79 Å². The Bertz CT molecular complexity index is 575. The predicted octanol–water partition coefficient (Wildman–Crippen LogP) is 3.60. The molecule has 1 aromatic carbocycles. The summed E-state index contributed by atoms with van der Waals surface area (Å²) >= 11 is 3.45. The molecule has 2 rings (SSSR count). The molecule has 18 heavy (non-hydrogen) atoms. The minimum atomic E-state index is -0.0211. The number of carbonyl (C=O) groups is 1. The average molecular weight is 307 g/mol. The van der Waals surface area contributed by atoms with Crippen LogP contribution in [-0.2, 0) is 6.54 Å². The lowest BCUT2D eigenvalue weighted by molar-refractivity contribution is 0.102. The highest BCUT2D eigenvalue weighted by molar-refractivity contribution is 9.10. The number of nitrogens with zero attached hydrogens (tertiary/aromatic N) is 2. The molecule has 94 valence electrons. The maximum absolute atomic E-state index is 12.5. The van der Waals surface area contributed by atoms with Crippen LogP contribution in [0, 0.1) is 6.92 Å². The first-order valence-electron chi connectivity index (χ1n) is 5.96. The van der Waals surface area contributed by atoms with E-state index in [1.54, 1.807) is 6.20 Å². The van der Waals surface area contributed by atoms with Crippen molar-refractivity contribution in [2.24, 2.45) is 0 Å². The van der Waals surface area contributed by atoms with Crippen LogP contribution in [0.15, 0.2) is 35.1 Å². The van der Waals surface area contributed by atoms with Crippen LogP contribution in [0.2, 0.25) is 0 Å². The van der Waals surface area contributed by atoms with Crippen molar-refractivity contribution in [2.75, 3.05) is 0 Å². The quantitative estimate of drug-likeness (QED) is 0.809. The summed E-state index contributed by atoms with van der Waals surface area (Å²) < 4.78 is 2.85. The number of benzene rings is 1. The highest BCUT2D eigenvalue weighted by Crippen LogP contribution is 2.21. The number of halogens is 1. The zero-order valence-electron chi connectivity index (χ0n) is 10.5. The number of hydrogen-bond donors (Lipinski definition) is 0. The van der Waals surface area contributed by atoms with Crippen molar-refractivity contribution < 1.29 is 4.79 Å². The second kappa shape index (κ2) is 5.48. The molecule has 0 unspecified atom stereocenters. The van der Waals surface area contributed by atoms with Gasteiger partial charge >= 0.3 is 0 Å². The molecule has 0 N–H and O–H groups in total. The Balaban J connectivity index is 2.42. The van der Waals surface area contributed by atoms with E-state index < -0.39 is 0 Å². The van der Waals surface area contributed by atoms with Crippen LogP contribution >= 0.6 is 15.9 Å². The van der Waals surface area contributed by atoms with Crippen molar-refractivity contribution in [3.63, 3.8) is 0 Å². The van der Waals surface area contributed by atoms with Crippen LogP contribution in [0.3, 0.4) is 0 Å². The third-order valence-electron chi connectivity index (χ3n) is 2.90. The molecule has 0 fully saturated rings. The number of aromatic nitrogens is 2. The number of imidazole rings is 1. The van der Waals surface area contributed by atoms with Gasteiger partial charge in [-0.2, -0.15) is 0 Å². The van der Waals surface area contributed by atoms with Crippen LogP contribution in [-0.4, -0.2) is 15.3 Å². The topological polar surface area (TPSA) is 34.9 Å². The van der Waals surface area contributed by atoms with Gasteiger partial charge in [0.1, 0.15) is 0 Å². The van der Waals surface area contributed by atoms with Gasteiger partial charge in [0.2, 0.25) is 5.78 Å². The van der Waals surface area contributed by atoms with Gasteiger partial charge in [0, 0.05) is 29.0 Å². The SMILES string of the molecule is CCCn1ccnc1C(=O)c1cccc(Br)c1C. The molecule has 2 aromatic rings. The number of aryl methyl sites for hydroxylation is 1. The third kappa shape index (κ3) is 2.38. The molecular formula is C14H15BrN2O. The third-order valence-corrected chi connectivity index (χ3v) is 3.75. The van der Waals surface area contributed by atoms with Crippen molar-refractivity contribution in [1.82, 2.24) is 9.55 Å². The molecule has 1 heterocycles. The van der Waals surface area contributed by atoms with Crippen molar-refractivity contribution >= 4 is 21.7 Å². The van der Waals surface area contributed by atoms with E-state index in [1.807, 2.05) is 35.9 Å². The minimum absolute atomic E-state index is 0.0211. The van der Waals surface area contributed by atoms with E-state index in [4.69, 9.17) is 0 Å². The largest absolute Gasteiger partial charge is 0.328 e. The van der Waals surface area contributed by atoms with Crippen molar-refractivity contribution in [3.8, 4) is 0 Å². The minimum Gasteiger partial charge on any atom is -0.328 e. The Morgan fingerprint density at radius 2 is 2.22 bits per heavy atom. The summed E-state index contributed by atoms with van der Waals surface area (Å²) in [6.07, 6.45) is 4.51. The van der Waals surface area contributed by atoms with Gasteiger partial charge in [-0.05, 0) is 25.0 Å². The van der Waals surface area contributed by atoms with Crippen LogP contribution in [0.1, 0.15) is 35.1 Å². The van der Waals surface area contributed by atoms with Gasteiger partial charge < -0.3 is 4.57 Å². The Morgan fingerprint density at radius 3 is 2.94 bits per heavy atom. The van der Waals surface area contributed by atoms with Gasteiger partial charge in [-0.25, -0.2) is 4.98 Å². The molecule has 4 heteroatoms. The smallest absolute Gasteiger partial charge is 0.228 e. The lowest BCUT2D eigenvalue weighted by Gasteiger charge is -2.08. The van der Waals surface area contributed by atoms with Crippen LogP contribution in [0.5, 0.6) is 0 Å². The summed E-state index contributed by atoms with van der Waals surface area (Å²) in [5.74, 6) is 0.491. The summed E-state index contributed by atoms with van der Waals surface area (Å²) in [4.78, 5) is 16.7. The molecule has 0 amide bonds. The van der Waals surface area contributed by atoms with E-state index in [1.165, 1.54) is 0 Å². The van der Waals surface area contributed by atoms with Gasteiger partial charge in [-0.15, -0.1) is 0 Å². The fourth-order valence-electron chi connectivity index (χ4n) is 1.91. The predicted molar refractivity (Wildman–Crippen MR) is 74.8 cm³/mol. The molecule has 0 saturated heterocycles. The maximum atomic E-state index is 12.5. The molecule has 1 aromatic heterocycles. The second-order valence-electron chi connectivity index (χ2n) is 4.19. The zero-order chi connectivity index (χ0) is 13.1. The maximum Gasteiger partial charge on any atom is 0.228 e. The summed E-state index contributed by atoms with van der Waals surface area (Å²) in [5.41, 5.74) is 1.65. The Kier molecular flexibility index (Phi) is 3.97. The number of rotatable bonds is 4. The van der Waals surface area contributed by atoms with Crippen molar-refractivity contribution in [3.05, 3.63) is 52.0 Å².